The first-order chi connectivity index (χ1) is 12.1. The van der Waals surface area contributed by atoms with Crippen LogP contribution in [0.3, 0.4) is 0 Å². The van der Waals surface area contributed by atoms with Gasteiger partial charge < -0.3 is 0 Å². The zero-order chi connectivity index (χ0) is 17.9. The molecule has 25 heavy (non-hydrogen) atoms. The molecule has 0 aliphatic heterocycles. The smallest absolute Gasteiger partial charge is 0.156 e. The average molecular weight is 325 g/mol. The van der Waals surface area contributed by atoms with E-state index >= 15 is 0 Å². The van der Waals surface area contributed by atoms with Crippen LogP contribution in [0.15, 0.2) is 60.9 Å². The summed E-state index contributed by atoms with van der Waals surface area (Å²) in [5, 5.41) is 30.0. The van der Waals surface area contributed by atoms with Gasteiger partial charge in [-0.05, 0) is 18.1 Å². The third-order valence-electron chi connectivity index (χ3n) is 4.74. The third-order valence-corrected chi connectivity index (χ3v) is 4.74. The molecule has 0 amide bonds. The van der Waals surface area contributed by atoms with Crippen LogP contribution >= 0.6 is 0 Å². The fourth-order valence-electron chi connectivity index (χ4n) is 3.82. The fraction of sp³-hybridized carbons (Fsp3) is 0.250. The number of nitriles is 3. The number of benzene rings is 1. The molecule has 0 unspecified atom stereocenters. The summed E-state index contributed by atoms with van der Waals surface area (Å²) in [6.45, 7) is 3.99. The highest BCUT2D eigenvalue weighted by molar-refractivity contribution is 5.46. The molecule has 1 aromatic carbocycles. The van der Waals surface area contributed by atoms with E-state index in [1.807, 2.05) is 30.3 Å². The van der Waals surface area contributed by atoms with Crippen LogP contribution in [0.4, 0.5) is 0 Å². The van der Waals surface area contributed by atoms with E-state index in [-0.39, 0.29) is 6.42 Å². The van der Waals surface area contributed by atoms with E-state index in [1.165, 1.54) is 0 Å². The lowest BCUT2D eigenvalue weighted by Crippen LogP contribution is -2.47. The molecule has 5 nitrogen and oxygen atoms in total. The van der Waals surface area contributed by atoms with Crippen molar-refractivity contribution in [1.82, 2.24) is 9.97 Å². The van der Waals surface area contributed by atoms with Crippen LogP contribution in [0, 0.1) is 39.4 Å². The molecule has 1 aromatic heterocycles. The molecule has 1 saturated carbocycles. The van der Waals surface area contributed by atoms with Crippen LogP contribution in [-0.4, -0.2) is 9.97 Å². The summed E-state index contributed by atoms with van der Waals surface area (Å²) in [6.07, 6.45) is 3.69. The molecule has 0 N–H and O–H groups in total. The highest BCUT2D eigenvalue weighted by Crippen LogP contribution is 2.57. The Balaban J connectivity index is 2.35. The minimum atomic E-state index is -1.40. The molecule has 3 rings (SSSR count). The number of rotatable bonds is 2. The minimum absolute atomic E-state index is 0.232. The molecule has 0 spiro atoms. The Kier molecular flexibility index (Phi) is 4.05. The normalized spacial score (nSPS) is 24.5. The highest BCUT2D eigenvalue weighted by atomic mass is 14.9. The summed E-state index contributed by atoms with van der Waals surface area (Å²) in [6, 6.07) is 17.6. The van der Waals surface area contributed by atoms with Crippen molar-refractivity contribution in [1.29, 1.82) is 15.8 Å². The molecule has 0 radical (unpaired) electrons. The summed E-state index contributed by atoms with van der Waals surface area (Å²) in [4.78, 5) is 8.59. The van der Waals surface area contributed by atoms with Crippen molar-refractivity contribution in [2.45, 2.75) is 24.2 Å². The number of nitrogens with zero attached hydrogens (tertiary/aromatic N) is 5. The van der Waals surface area contributed by atoms with Crippen molar-refractivity contribution in [2.75, 3.05) is 0 Å². The van der Waals surface area contributed by atoms with Crippen molar-refractivity contribution < 1.29 is 0 Å². The predicted molar refractivity (Wildman–Crippen MR) is 90.5 cm³/mol. The summed E-state index contributed by atoms with van der Waals surface area (Å²) in [5.74, 6) is -0.351. The van der Waals surface area contributed by atoms with Gasteiger partial charge in [-0.3, -0.25) is 0 Å². The first kappa shape index (κ1) is 16.4. The summed E-state index contributed by atoms with van der Waals surface area (Å²) >= 11 is 0. The topological polar surface area (TPSA) is 97.2 Å². The summed E-state index contributed by atoms with van der Waals surface area (Å²) in [5.41, 5.74) is -1.17. The van der Waals surface area contributed by atoms with E-state index in [2.05, 4.69) is 34.8 Å². The van der Waals surface area contributed by atoms with Crippen molar-refractivity contribution in [2.24, 2.45) is 5.41 Å². The lowest BCUT2D eigenvalue weighted by atomic mass is 9.52. The minimum Gasteiger partial charge on any atom is -0.240 e. The van der Waals surface area contributed by atoms with Crippen LogP contribution in [0.25, 0.3) is 0 Å². The van der Waals surface area contributed by atoms with Crippen molar-refractivity contribution >= 4 is 0 Å². The molecule has 2 atom stereocenters. The first-order valence-corrected chi connectivity index (χ1v) is 7.85. The van der Waals surface area contributed by atoms with E-state index in [0.29, 0.717) is 17.8 Å². The van der Waals surface area contributed by atoms with Crippen molar-refractivity contribution in [3.8, 4) is 18.2 Å². The molecule has 1 heterocycles. The van der Waals surface area contributed by atoms with Crippen LogP contribution in [-0.2, 0) is 5.41 Å². The second kappa shape index (κ2) is 6.19. The van der Waals surface area contributed by atoms with Gasteiger partial charge in [0.05, 0.1) is 18.2 Å². The molecule has 1 aliphatic rings. The highest BCUT2D eigenvalue weighted by Gasteiger charge is 2.59. The SMILES string of the molecule is C=C1CC(C#N)(C#N)[C@H](c2ccccc2)[C@@](C#N)(c2ncccn2)C1. The second-order valence-corrected chi connectivity index (χ2v) is 6.30. The van der Waals surface area contributed by atoms with Gasteiger partial charge >= 0.3 is 0 Å². The Labute approximate surface area is 146 Å². The van der Waals surface area contributed by atoms with Gasteiger partial charge in [0.15, 0.2) is 5.41 Å². The number of allylic oxidation sites excluding steroid dienone is 1. The maximum Gasteiger partial charge on any atom is 0.156 e. The van der Waals surface area contributed by atoms with Crippen LogP contribution in [0.5, 0.6) is 0 Å². The van der Waals surface area contributed by atoms with E-state index in [4.69, 9.17) is 0 Å². The Hall–Kier alpha value is -3.49. The second-order valence-electron chi connectivity index (χ2n) is 6.30. The van der Waals surface area contributed by atoms with Gasteiger partial charge in [0.1, 0.15) is 11.2 Å². The molecule has 1 fully saturated rings. The Bertz CT molecular complexity index is 901. The van der Waals surface area contributed by atoms with Gasteiger partial charge in [0.2, 0.25) is 0 Å². The van der Waals surface area contributed by atoms with Crippen molar-refractivity contribution in [3.63, 3.8) is 0 Å². The Morgan fingerprint density at radius 3 is 2.12 bits per heavy atom. The third kappa shape index (κ3) is 2.45. The zero-order valence-electron chi connectivity index (χ0n) is 13.6. The molecule has 120 valence electrons. The van der Waals surface area contributed by atoms with Gasteiger partial charge in [-0.15, -0.1) is 0 Å². The molecular formula is C20H15N5. The molecule has 1 aliphatic carbocycles. The maximum absolute atomic E-state index is 10.2. The standard InChI is InChI=1S/C20H15N5/c1-15-10-19(12-21,13-22)17(16-6-3-2-4-7-16)20(11-15,14-23)18-24-8-5-9-25-18/h2-9,17H,1,10-11H2/t17-,20+/m0/s1. The average Bonchev–Trinajstić information content (AvgIpc) is 2.68. The monoisotopic (exact) mass is 325 g/mol. The number of aromatic nitrogens is 2. The number of hydrogen-bond donors (Lipinski definition) is 0. The Morgan fingerprint density at radius 1 is 0.920 bits per heavy atom. The number of hydrogen-bond acceptors (Lipinski definition) is 5. The Morgan fingerprint density at radius 2 is 1.56 bits per heavy atom. The van der Waals surface area contributed by atoms with Crippen molar-refractivity contribution in [3.05, 3.63) is 72.3 Å². The van der Waals surface area contributed by atoms with Crippen LogP contribution in [0.2, 0.25) is 0 Å². The predicted octanol–water partition coefficient (Wildman–Crippen LogP) is 3.41. The van der Waals surface area contributed by atoms with Gasteiger partial charge in [-0.1, -0.05) is 42.5 Å². The van der Waals surface area contributed by atoms with Gasteiger partial charge in [0.25, 0.3) is 0 Å². The molecule has 5 heteroatoms. The van der Waals surface area contributed by atoms with Gasteiger partial charge in [-0.2, -0.15) is 15.8 Å². The quantitative estimate of drug-likeness (QED) is 0.788. The molecule has 0 bridgehead atoms. The van der Waals surface area contributed by atoms with Gasteiger partial charge in [-0.25, -0.2) is 9.97 Å². The molecule has 2 aromatic rings. The van der Waals surface area contributed by atoms with Crippen LogP contribution in [0.1, 0.15) is 30.1 Å². The first-order valence-electron chi connectivity index (χ1n) is 7.85. The van der Waals surface area contributed by atoms with E-state index in [9.17, 15) is 15.8 Å². The largest absolute Gasteiger partial charge is 0.240 e. The lowest BCUT2D eigenvalue weighted by Gasteiger charge is -2.45. The zero-order valence-corrected chi connectivity index (χ0v) is 13.6. The van der Waals surface area contributed by atoms with E-state index in [1.54, 1.807) is 18.5 Å². The molecule has 0 saturated heterocycles. The summed E-state index contributed by atoms with van der Waals surface area (Å²) in [7, 11) is 0. The fourth-order valence-corrected chi connectivity index (χ4v) is 3.82. The van der Waals surface area contributed by atoms with E-state index in [0.717, 1.165) is 5.56 Å². The summed E-state index contributed by atoms with van der Waals surface area (Å²) < 4.78 is 0. The maximum atomic E-state index is 10.2. The van der Waals surface area contributed by atoms with Crippen LogP contribution < -0.4 is 0 Å². The lowest BCUT2D eigenvalue weighted by molar-refractivity contribution is 0.242. The van der Waals surface area contributed by atoms with Gasteiger partial charge in [0, 0.05) is 24.7 Å². The molecular weight excluding hydrogens is 310 g/mol. The van der Waals surface area contributed by atoms with E-state index < -0.39 is 16.7 Å².